The van der Waals surface area contributed by atoms with Gasteiger partial charge >= 0.3 is 0 Å². The van der Waals surface area contributed by atoms with Crippen molar-refractivity contribution >= 4 is 44.5 Å². The third kappa shape index (κ3) is 4.63. The van der Waals surface area contributed by atoms with E-state index in [1.807, 2.05) is 46.2 Å². The first-order valence-electron chi connectivity index (χ1n) is 13.4. The molecule has 3 aromatic carbocycles. The summed E-state index contributed by atoms with van der Waals surface area (Å²) in [6, 6.07) is 19.9. The lowest BCUT2D eigenvalue weighted by molar-refractivity contribution is -0.144. The molecule has 2 atom stereocenters. The highest BCUT2D eigenvalue weighted by Crippen LogP contribution is 2.57. The number of hydrogen-bond acceptors (Lipinski definition) is 5. The number of amides is 2. The van der Waals surface area contributed by atoms with Gasteiger partial charge in [0.2, 0.25) is 5.91 Å². The second kappa shape index (κ2) is 10.2. The number of β-lactam (4-membered cyclic amide) rings is 1. The summed E-state index contributed by atoms with van der Waals surface area (Å²) in [7, 11) is -2.36. The lowest BCUT2D eigenvalue weighted by Gasteiger charge is -2.59. The number of ether oxygens (including phenoxy) is 2. The second-order valence-electron chi connectivity index (χ2n) is 10.8. The van der Waals surface area contributed by atoms with E-state index in [2.05, 4.69) is 5.87 Å². The fraction of sp³-hybridized carbons (Fsp3) is 0.323. The summed E-state index contributed by atoms with van der Waals surface area (Å²) in [4.78, 5) is 31.6. The average Bonchev–Trinajstić information content (AvgIpc) is 3.21. The van der Waals surface area contributed by atoms with Crippen LogP contribution in [0.4, 0.5) is 5.69 Å². The number of hydrogen-bond donors (Lipinski definition) is 0. The molecule has 0 saturated carbocycles. The first-order chi connectivity index (χ1) is 19.2. The van der Waals surface area contributed by atoms with Gasteiger partial charge in [0.25, 0.3) is 5.91 Å². The summed E-state index contributed by atoms with van der Waals surface area (Å²) in [5, 5.41) is 0.628. The monoisotopic (exact) mass is 578 g/mol. The number of halogens is 1. The Morgan fingerprint density at radius 3 is 2.27 bits per heavy atom. The van der Waals surface area contributed by atoms with E-state index in [1.54, 1.807) is 36.6 Å². The molecule has 3 heterocycles. The zero-order chi connectivity index (χ0) is 28.1. The van der Waals surface area contributed by atoms with E-state index in [0.29, 0.717) is 66.1 Å². The predicted octanol–water partition coefficient (Wildman–Crippen LogP) is 5.22. The molecule has 2 fully saturated rings. The molecule has 0 radical (unpaired) electrons. The van der Waals surface area contributed by atoms with E-state index in [0.717, 1.165) is 17.7 Å². The van der Waals surface area contributed by atoms with Crippen molar-refractivity contribution < 1.29 is 23.3 Å². The maximum Gasteiger partial charge on any atom is 0.253 e. The summed E-state index contributed by atoms with van der Waals surface area (Å²) < 4.78 is 23.9. The number of fused-ring (bicyclic) bond motifs is 1. The van der Waals surface area contributed by atoms with Crippen molar-refractivity contribution in [2.75, 3.05) is 37.5 Å². The molecule has 0 aliphatic carbocycles. The Bertz CT molecular complexity index is 1560. The highest BCUT2D eigenvalue weighted by Gasteiger charge is 2.62. The Hall–Kier alpha value is -3.49. The van der Waals surface area contributed by atoms with Crippen LogP contribution in [0.2, 0.25) is 5.02 Å². The minimum absolute atomic E-state index is 0.0368. The number of nitrogens with zero attached hydrogens (tertiary/aromatic N) is 2. The fourth-order valence-corrected chi connectivity index (χ4v) is 6.84. The van der Waals surface area contributed by atoms with E-state index < -0.39 is 14.9 Å². The quantitative estimate of drug-likeness (QED) is 0.313. The van der Waals surface area contributed by atoms with Crippen LogP contribution in [-0.2, 0) is 14.3 Å². The van der Waals surface area contributed by atoms with E-state index in [9.17, 15) is 13.8 Å². The molecule has 0 aromatic heterocycles. The van der Waals surface area contributed by atoms with Crippen LogP contribution in [-0.4, -0.2) is 59.4 Å². The van der Waals surface area contributed by atoms with E-state index in [1.165, 1.54) is 0 Å². The van der Waals surface area contributed by atoms with E-state index in [-0.39, 0.29) is 17.9 Å². The molecule has 1 spiro atoms. The number of carbonyl (C=O) groups excluding carboxylic acids is 2. The maximum atomic E-state index is 13.9. The van der Waals surface area contributed by atoms with Crippen molar-refractivity contribution in [2.45, 2.75) is 30.2 Å². The smallest absolute Gasteiger partial charge is 0.253 e. The zero-order valence-electron chi connectivity index (χ0n) is 22.3. The van der Waals surface area contributed by atoms with Gasteiger partial charge in [-0.1, -0.05) is 23.7 Å². The van der Waals surface area contributed by atoms with Gasteiger partial charge in [-0.15, -0.1) is 0 Å². The Morgan fingerprint density at radius 1 is 0.975 bits per heavy atom. The molecule has 208 valence electrons. The lowest BCUT2D eigenvalue weighted by Crippen LogP contribution is -2.67. The van der Waals surface area contributed by atoms with Gasteiger partial charge in [0.1, 0.15) is 0 Å². The largest absolute Gasteiger partial charge is 0.490 e. The van der Waals surface area contributed by atoms with Crippen molar-refractivity contribution in [1.82, 2.24) is 4.90 Å². The van der Waals surface area contributed by atoms with Crippen molar-refractivity contribution in [3.05, 3.63) is 82.9 Å². The molecule has 3 aliphatic rings. The van der Waals surface area contributed by atoms with Gasteiger partial charge in [0.05, 0.1) is 24.7 Å². The van der Waals surface area contributed by atoms with Gasteiger partial charge in [-0.05, 0) is 88.4 Å². The summed E-state index contributed by atoms with van der Waals surface area (Å²) in [6.07, 6.45) is 3.49. The molecular weight excluding hydrogens is 548 g/mol. The molecule has 7 nitrogen and oxygen atoms in total. The molecule has 2 unspecified atom stereocenters. The number of piperidine rings is 1. The SMILES string of the molecule is C=S(C)(=O)c1ccc(N2C(=O)C3(CCN(C(=O)c4ccc5c(c4)OCCCO5)CC3)C2c2ccc(Cl)cc2)cc1. The van der Waals surface area contributed by atoms with Crippen LogP contribution in [0.3, 0.4) is 0 Å². The Kier molecular flexibility index (Phi) is 6.79. The number of anilines is 1. The van der Waals surface area contributed by atoms with Crippen LogP contribution in [0.5, 0.6) is 11.5 Å². The number of rotatable bonds is 4. The zero-order valence-corrected chi connectivity index (χ0v) is 23.9. The molecule has 3 aliphatic heterocycles. The third-order valence-electron chi connectivity index (χ3n) is 8.16. The van der Waals surface area contributed by atoms with Gasteiger partial charge < -0.3 is 19.3 Å². The number of likely N-dealkylation sites (tertiary alicyclic amines) is 1. The Balaban J connectivity index is 1.25. The first kappa shape index (κ1) is 26.7. The van der Waals surface area contributed by atoms with Gasteiger partial charge in [0, 0.05) is 46.9 Å². The minimum Gasteiger partial charge on any atom is -0.490 e. The van der Waals surface area contributed by atoms with Crippen molar-refractivity contribution in [2.24, 2.45) is 5.41 Å². The van der Waals surface area contributed by atoms with Crippen LogP contribution in [0.25, 0.3) is 0 Å². The van der Waals surface area contributed by atoms with Crippen molar-refractivity contribution in [3.63, 3.8) is 0 Å². The third-order valence-corrected chi connectivity index (χ3v) is 9.68. The molecule has 2 saturated heterocycles. The van der Waals surface area contributed by atoms with Crippen LogP contribution in [0, 0.1) is 5.41 Å². The molecule has 6 rings (SSSR count). The summed E-state index contributed by atoms with van der Waals surface area (Å²) in [6.45, 7) is 2.08. The van der Waals surface area contributed by atoms with Gasteiger partial charge in [-0.3, -0.25) is 13.8 Å². The molecule has 3 aromatic rings. The Labute approximate surface area is 239 Å². The maximum absolute atomic E-state index is 13.9. The second-order valence-corrected chi connectivity index (χ2v) is 13.7. The van der Waals surface area contributed by atoms with Crippen molar-refractivity contribution in [1.29, 1.82) is 0 Å². The predicted molar refractivity (Wildman–Crippen MR) is 157 cm³/mol. The highest BCUT2D eigenvalue weighted by molar-refractivity contribution is 7.99. The lowest BCUT2D eigenvalue weighted by atomic mass is 9.62. The number of benzene rings is 3. The Morgan fingerprint density at radius 2 is 1.62 bits per heavy atom. The standard InChI is InChI=1S/C31H31ClN2O5S/c1-40(2,37)25-11-9-24(10-12-25)34-28(21-4-7-23(32)8-5-21)31(30(34)36)14-16-33(17-15-31)29(35)22-6-13-26-27(20-22)39-19-3-18-38-26/h4-13,20,28H,1,3,14-19H2,2H3. The normalized spacial score (nSPS) is 21.4. The van der Waals surface area contributed by atoms with Gasteiger partial charge in [-0.25, -0.2) is 0 Å². The van der Waals surface area contributed by atoms with Crippen LogP contribution in [0.15, 0.2) is 71.6 Å². The average molecular weight is 579 g/mol. The summed E-state index contributed by atoms with van der Waals surface area (Å²) >= 11 is 6.19. The van der Waals surface area contributed by atoms with Crippen LogP contribution in [0.1, 0.15) is 41.2 Å². The molecule has 2 amide bonds. The van der Waals surface area contributed by atoms with E-state index in [4.69, 9.17) is 21.1 Å². The highest BCUT2D eigenvalue weighted by atomic mass is 35.5. The first-order valence-corrected chi connectivity index (χ1v) is 15.9. The number of carbonyl (C=O) groups is 2. The molecule has 0 N–H and O–H groups in total. The topological polar surface area (TPSA) is 76.2 Å². The molecular formula is C31H31ClN2O5S. The van der Waals surface area contributed by atoms with Gasteiger partial charge in [0.15, 0.2) is 11.5 Å². The van der Waals surface area contributed by atoms with Crippen molar-refractivity contribution in [3.8, 4) is 11.5 Å². The van der Waals surface area contributed by atoms with Crippen LogP contribution < -0.4 is 14.4 Å². The minimum atomic E-state index is -2.36. The van der Waals surface area contributed by atoms with Gasteiger partial charge in [-0.2, -0.15) is 0 Å². The molecule has 9 heteroatoms. The summed E-state index contributed by atoms with van der Waals surface area (Å²) in [5.41, 5.74) is 1.66. The molecule has 40 heavy (non-hydrogen) atoms. The van der Waals surface area contributed by atoms with E-state index >= 15 is 0 Å². The fourth-order valence-electron chi connectivity index (χ4n) is 6.00. The summed E-state index contributed by atoms with van der Waals surface area (Å²) in [5.74, 6) is 4.96. The van der Waals surface area contributed by atoms with Crippen LogP contribution >= 0.6 is 11.6 Å². The molecule has 0 bridgehead atoms.